The van der Waals surface area contributed by atoms with Crippen LogP contribution < -0.4 is 9.47 Å². The molecule has 0 bridgehead atoms. The van der Waals surface area contributed by atoms with E-state index in [0.29, 0.717) is 0 Å². The molecule has 0 fully saturated rings. The van der Waals surface area contributed by atoms with Gasteiger partial charge in [-0.1, -0.05) is 27.6 Å². The summed E-state index contributed by atoms with van der Waals surface area (Å²) >= 11 is 3.44. The van der Waals surface area contributed by atoms with E-state index in [1.54, 1.807) is 14.2 Å². The zero-order chi connectivity index (χ0) is 12.7. The number of alkyl halides is 1. The van der Waals surface area contributed by atoms with Crippen LogP contribution in [-0.2, 0) is 6.42 Å². The molecule has 0 aliphatic heterocycles. The van der Waals surface area contributed by atoms with Crippen molar-refractivity contribution in [3.63, 3.8) is 0 Å². The Kier molecular flexibility index (Phi) is 6.12. The van der Waals surface area contributed by atoms with Gasteiger partial charge < -0.3 is 9.47 Å². The number of hydrogen-bond donors (Lipinski definition) is 0. The number of methoxy groups -OCH3 is 2. The largest absolute Gasteiger partial charge is 0.497 e. The normalized spacial score (nSPS) is 11.4. The van der Waals surface area contributed by atoms with Crippen LogP contribution in [0, 0.1) is 0 Å². The Bertz CT molecular complexity index is 364. The van der Waals surface area contributed by atoms with E-state index in [4.69, 9.17) is 9.47 Å². The van der Waals surface area contributed by atoms with Gasteiger partial charge in [-0.15, -0.1) is 0 Å². The molecule has 0 radical (unpaired) electrons. The van der Waals surface area contributed by atoms with Crippen LogP contribution in [0.4, 0.5) is 0 Å². The van der Waals surface area contributed by atoms with E-state index >= 15 is 0 Å². The Morgan fingerprint density at radius 2 is 1.76 bits per heavy atom. The third-order valence-electron chi connectivity index (χ3n) is 2.55. The van der Waals surface area contributed by atoms with Gasteiger partial charge >= 0.3 is 0 Å². The number of allylic oxidation sites excluding steroid dienone is 2. The Balaban J connectivity index is 2.70. The highest BCUT2D eigenvalue weighted by atomic mass is 79.9. The lowest BCUT2D eigenvalue weighted by Gasteiger charge is -2.07. The molecule has 0 atom stereocenters. The van der Waals surface area contributed by atoms with E-state index in [1.165, 1.54) is 11.1 Å². The fourth-order valence-electron chi connectivity index (χ4n) is 1.55. The van der Waals surface area contributed by atoms with Gasteiger partial charge in [-0.3, -0.25) is 0 Å². The lowest BCUT2D eigenvalue weighted by Crippen LogP contribution is -1.91. The average molecular weight is 299 g/mol. The molecular weight excluding hydrogens is 280 g/mol. The fourth-order valence-corrected chi connectivity index (χ4v) is 1.78. The number of rotatable bonds is 6. The number of ether oxygens (including phenoxy) is 2. The summed E-state index contributed by atoms with van der Waals surface area (Å²) in [5.74, 6) is 1.70. The van der Waals surface area contributed by atoms with Crippen LogP contribution in [0.25, 0.3) is 0 Å². The van der Waals surface area contributed by atoms with E-state index in [2.05, 4.69) is 41.1 Å². The van der Waals surface area contributed by atoms with Crippen molar-refractivity contribution in [2.75, 3.05) is 19.5 Å². The number of aryl methyl sites for hydroxylation is 1. The molecule has 0 unspecified atom stereocenters. The van der Waals surface area contributed by atoms with Crippen molar-refractivity contribution >= 4 is 15.9 Å². The summed E-state index contributed by atoms with van der Waals surface area (Å²) in [7, 11) is 3.35. The predicted molar refractivity (Wildman–Crippen MR) is 75.4 cm³/mol. The first-order valence-electron chi connectivity index (χ1n) is 5.63. The van der Waals surface area contributed by atoms with Gasteiger partial charge in [-0.05, 0) is 37.5 Å². The minimum absolute atomic E-state index is 0.848. The van der Waals surface area contributed by atoms with E-state index < -0.39 is 0 Å². The molecule has 0 aliphatic rings. The predicted octanol–water partition coefficient (Wildman–Crippen LogP) is 3.98. The number of halogens is 1. The average Bonchev–Trinajstić information content (AvgIpc) is 2.37. The van der Waals surface area contributed by atoms with Gasteiger partial charge in [0.25, 0.3) is 0 Å². The molecule has 0 N–H and O–H groups in total. The van der Waals surface area contributed by atoms with Crippen molar-refractivity contribution < 1.29 is 9.47 Å². The Morgan fingerprint density at radius 1 is 1.18 bits per heavy atom. The molecule has 3 heteroatoms. The van der Waals surface area contributed by atoms with Gasteiger partial charge in [0.2, 0.25) is 0 Å². The van der Waals surface area contributed by atoms with Crippen molar-refractivity contribution in [2.45, 2.75) is 19.8 Å². The molecular formula is C14H19BrO2. The molecule has 0 spiro atoms. The molecule has 0 saturated carbocycles. The van der Waals surface area contributed by atoms with Crippen LogP contribution in [0.3, 0.4) is 0 Å². The number of hydrogen-bond acceptors (Lipinski definition) is 2. The quantitative estimate of drug-likeness (QED) is 0.584. The summed E-state index contributed by atoms with van der Waals surface area (Å²) in [6.45, 7) is 2.13. The second-order valence-electron chi connectivity index (χ2n) is 3.94. The Hall–Kier alpha value is -0.960. The monoisotopic (exact) mass is 298 g/mol. The molecule has 1 rings (SSSR count). The van der Waals surface area contributed by atoms with Crippen molar-refractivity contribution in [3.05, 3.63) is 35.4 Å². The molecule has 94 valence electrons. The van der Waals surface area contributed by atoms with Gasteiger partial charge in [-0.2, -0.15) is 0 Å². The summed E-state index contributed by atoms with van der Waals surface area (Å²) in [6.07, 6.45) is 4.28. The molecule has 0 amide bonds. The minimum atomic E-state index is 0.848. The fraction of sp³-hybridized carbons (Fsp3) is 0.429. The summed E-state index contributed by atoms with van der Waals surface area (Å²) < 4.78 is 10.5. The first-order valence-corrected chi connectivity index (χ1v) is 6.75. The lowest BCUT2D eigenvalue weighted by atomic mass is 10.1. The maximum atomic E-state index is 5.24. The van der Waals surface area contributed by atoms with Gasteiger partial charge in [0, 0.05) is 11.4 Å². The summed E-state index contributed by atoms with van der Waals surface area (Å²) in [4.78, 5) is 0. The van der Waals surface area contributed by atoms with Crippen LogP contribution in [0.5, 0.6) is 11.5 Å². The van der Waals surface area contributed by atoms with E-state index in [1.807, 2.05) is 6.07 Å². The second-order valence-corrected chi connectivity index (χ2v) is 4.50. The van der Waals surface area contributed by atoms with Crippen LogP contribution >= 0.6 is 15.9 Å². The third kappa shape index (κ3) is 4.82. The number of benzene rings is 1. The van der Waals surface area contributed by atoms with Gasteiger partial charge in [-0.25, -0.2) is 0 Å². The molecule has 0 aromatic heterocycles. The molecule has 2 nitrogen and oxygen atoms in total. The summed E-state index contributed by atoms with van der Waals surface area (Å²) in [5.41, 5.74) is 2.60. The smallest absolute Gasteiger partial charge is 0.122 e. The van der Waals surface area contributed by atoms with Crippen LogP contribution in [0.15, 0.2) is 29.8 Å². The maximum absolute atomic E-state index is 5.24. The van der Waals surface area contributed by atoms with Crippen molar-refractivity contribution in [2.24, 2.45) is 0 Å². The SMILES string of the molecule is COc1cc(CC/C=C(/C)CBr)cc(OC)c1. The van der Waals surface area contributed by atoms with Crippen LogP contribution in [-0.4, -0.2) is 19.5 Å². The zero-order valence-corrected chi connectivity index (χ0v) is 12.2. The highest BCUT2D eigenvalue weighted by Gasteiger charge is 2.01. The van der Waals surface area contributed by atoms with E-state index in [0.717, 1.165) is 29.7 Å². The van der Waals surface area contributed by atoms with Gasteiger partial charge in [0.05, 0.1) is 14.2 Å². The van der Waals surface area contributed by atoms with E-state index in [-0.39, 0.29) is 0 Å². The Labute approximate surface area is 112 Å². The standard InChI is InChI=1S/C14H19BrO2/c1-11(10-15)5-4-6-12-7-13(16-2)9-14(8-12)17-3/h5,7-9H,4,6,10H2,1-3H3/b11-5-. The molecule has 0 heterocycles. The molecule has 0 saturated heterocycles. The van der Waals surface area contributed by atoms with Crippen molar-refractivity contribution in [3.8, 4) is 11.5 Å². The van der Waals surface area contributed by atoms with E-state index in [9.17, 15) is 0 Å². The van der Waals surface area contributed by atoms with Crippen LogP contribution in [0.1, 0.15) is 18.9 Å². The second kappa shape index (κ2) is 7.38. The minimum Gasteiger partial charge on any atom is -0.497 e. The molecule has 0 aliphatic carbocycles. The first-order chi connectivity index (χ1) is 8.19. The van der Waals surface area contributed by atoms with Crippen LogP contribution in [0.2, 0.25) is 0 Å². The third-order valence-corrected chi connectivity index (χ3v) is 3.43. The summed E-state index contributed by atoms with van der Waals surface area (Å²) in [6, 6.07) is 6.00. The summed E-state index contributed by atoms with van der Waals surface area (Å²) in [5, 5.41) is 0.939. The van der Waals surface area contributed by atoms with Gasteiger partial charge in [0.15, 0.2) is 0 Å². The highest BCUT2D eigenvalue weighted by Crippen LogP contribution is 2.23. The first kappa shape index (κ1) is 14.1. The van der Waals surface area contributed by atoms with Gasteiger partial charge in [0.1, 0.15) is 11.5 Å². The molecule has 1 aromatic carbocycles. The van der Waals surface area contributed by atoms with Crippen molar-refractivity contribution in [1.29, 1.82) is 0 Å². The zero-order valence-electron chi connectivity index (χ0n) is 10.6. The molecule has 1 aromatic rings. The lowest BCUT2D eigenvalue weighted by molar-refractivity contribution is 0.393. The Morgan fingerprint density at radius 3 is 2.24 bits per heavy atom. The highest BCUT2D eigenvalue weighted by molar-refractivity contribution is 9.09. The van der Waals surface area contributed by atoms with Crippen molar-refractivity contribution in [1.82, 2.24) is 0 Å². The maximum Gasteiger partial charge on any atom is 0.122 e. The topological polar surface area (TPSA) is 18.5 Å². The molecule has 17 heavy (non-hydrogen) atoms.